The summed E-state index contributed by atoms with van der Waals surface area (Å²) < 4.78 is 28.9. The quantitative estimate of drug-likeness (QED) is 0.507. The largest absolute Gasteiger partial charge is 0.366 e. The molecule has 146 valence electrons. The molecule has 6 nitrogen and oxygen atoms in total. The number of ketones is 1. The lowest BCUT2D eigenvalue weighted by Gasteiger charge is -2.07. The maximum Gasteiger partial charge on any atom is 0.251 e. The van der Waals surface area contributed by atoms with E-state index in [2.05, 4.69) is 9.97 Å². The molecule has 30 heavy (non-hydrogen) atoms. The zero-order chi connectivity index (χ0) is 21.4. The summed E-state index contributed by atoms with van der Waals surface area (Å²) >= 11 is 0. The van der Waals surface area contributed by atoms with Crippen molar-refractivity contribution in [2.45, 2.75) is 0 Å². The number of H-pyrrole nitrogens is 1. The van der Waals surface area contributed by atoms with Crippen molar-refractivity contribution in [1.29, 1.82) is 5.26 Å². The van der Waals surface area contributed by atoms with Crippen LogP contribution >= 0.6 is 0 Å². The van der Waals surface area contributed by atoms with E-state index < -0.39 is 34.5 Å². The van der Waals surface area contributed by atoms with E-state index in [1.165, 1.54) is 6.20 Å². The summed E-state index contributed by atoms with van der Waals surface area (Å²) in [7, 11) is 0. The average Bonchev–Trinajstić information content (AvgIpc) is 3.16. The number of nitrogens with two attached hydrogens (primary N) is 1. The number of nitrogens with zero attached hydrogens (tertiary/aromatic N) is 2. The van der Waals surface area contributed by atoms with Gasteiger partial charge >= 0.3 is 0 Å². The zero-order valence-corrected chi connectivity index (χ0v) is 15.2. The number of carbonyl (C=O) groups excluding carboxylic acids is 2. The van der Waals surface area contributed by atoms with Crippen LogP contribution in [0, 0.1) is 23.0 Å². The Bertz CT molecular complexity index is 1370. The molecule has 0 bridgehead atoms. The van der Waals surface area contributed by atoms with Crippen molar-refractivity contribution < 1.29 is 18.4 Å². The smallest absolute Gasteiger partial charge is 0.251 e. The highest BCUT2D eigenvalue weighted by Crippen LogP contribution is 2.28. The number of carbonyl (C=O) groups is 2. The number of rotatable bonds is 4. The molecule has 0 radical (unpaired) electrons. The number of amides is 1. The van der Waals surface area contributed by atoms with Crippen LogP contribution in [0.3, 0.4) is 0 Å². The lowest BCUT2D eigenvalue weighted by atomic mass is 9.98. The Morgan fingerprint density at radius 1 is 1.03 bits per heavy atom. The van der Waals surface area contributed by atoms with E-state index in [9.17, 15) is 18.4 Å². The predicted molar refractivity (Wildman–Crippen MR) is 105 cm³/mol. The van der Waals surface area contributed by atoms with E-state index in [1.54, 1.807) is 36.5 Å². The van der Waals surface area contributed by atoms with Crippen molar-refractivity contribution in [3.63, 3.8) is 0 Å². The molecule has 4 aromatic rings. The topological polar surface area (TPSA) is 113 Å². The summed E-state index contributed by atoms with van der Waals surface area (Å²) in [5.41, 5.74) is 5.89. The number of fused-ring (bicyclic) bond motifs is 1. The van der Waals surface area contributed by atoms with E-state index >= 15 is 0 Å². The Kier molecular flexibility index (Phi) is 4.56. The maximum absolute atomic E-state index is 14.6. The number of halogens is 2. The molecular weight excluding hydrogens is 390 g/mol. The van der Waals surface area contributed by atoms with Gasteiger partial charge in [0.1, 0.15) is 17.3 Å². The summed E-state index contributed by atoms with van der Waals surface area (Å²) in [6.07, 6.45) is 2.88. The first-order valence-corrected chi connectivity index (χ1v) is 8.71. The number of aromatic amines is 1. The second kappa shape index (κ2) is 7.22. The molecule has 0 atom stereocenters. The molecule has 0 aliphatic carbocycles. The monoisotopic (exact) mass is 402 g/mol. The number of pyridine rings is 1. The number of primary amides is 1. The molecule has 0 saturated heterocycles. The lowest BCUT2D eigenvalue weighted by molar-refractivity contribution is 0.0996. The third kappa shape index (κ3) is 3.08. The predicted octanol–water partition coefficient (Wildman–Crippen LogP) is 3.71. The Morgan fingerprint density at radius 3 is 2.43 bits per heavy atom. The van der Waals surface area contributed by atoms with Gasteiger partial charge in [0, 0.05) is 28.9 Å². The summed E-state index contributed by atoms with van der Waals surface area (Å²) in [5.74, 6) is -4.46. The van der Waals surface area contributed by atoms with Crippen molar-refractivity contribution in [3.05, 3.63) is 88.7 Å². The molecule has 4 rings (SSSR count). The highest BCUT2D eigenvalue weighted by Gasteiger charge is 2.25. The number of hydrogen-bond acceptors (Lipinski definition) is 4. The molecule has 0 spiro atoms. The van der Waals surface area contributed by atoms with Crippen molar-refractivity contribution in [2.24, 2.45) is 5.73 Å². The molecule has 2 aromatic heterocycles. The van der Waals surface area contributed by atoms with E-state index in [4.69, 9.17) is 11.0 Å². The van der Waals surface area contributed by atoms with Crippen LogP contribution < -0.4 is 5.73 Å². The van der Waals surface area contributed by atoms with Crippen molar-refractivity contribution >= 4 is 22.7 Å². The van der Waals surface area contributed by atoms with Crippen molar-refractivity contribution in [3.8, 4) is 17.2 Å². The van der Waals surface area contributed by atoms with Gasteiger partial charge in [0.2, 0.25) is 5.78 Å². The molecule has 1 amide bonds. The van der Waals surface area contributed by atoms with Gasteiger partial charge in [-0.1, -0.05) is 12.1 Å². The lowest BCUT2D eigenvalue weighted by Crippen LogP contribution is -2.17. The van der Waals surface area contributed by atoms with Gasteiger partial charge in [-0.3, -0.25) is 9.59 Å². The summed E-state index contributed by atoms with van der Waals surface area (Å²) in [6, 6.07) is 12.1. The number of nitriles is 1. The van der Waals surface area contributed by atoms with E-state index in [1.807, 2.05) is 6.07 Å². The van der Waals surface area contributed by atoms with Crippen LogP contribution in [-0.2, 0) is 0 Å². The third-order valence-electron chi connectivity index (χ3n) is 4.71. The van der Waals surface area contributed by atoms with Gasteiger partial charge in [-0.05, 0) is 35.9 Å². The number of nitrogens with one attached hydrogen (secondary N) is 1. The van der Waals surface area contributed by atoms with E-state index in [0.29, 0.717) is 22.2 Å². The Labute approximate surface area is 168 Å². The van der Waals surface area contributed by atoms with Crippen LogP contribution in [0.1, 0.15) is 31.8 Å². The second-order valence-corrected chi connectivity index (χ2v) is 6.49. The molecule has 2 aromatic carbocycles. The van der Waals surface area contributed by atoms with E-state index in [0.717, 1.165) is 17.7 Å². The minimum Gasteiger partial charge on any atom is -0.366 e. The van der Waals surface area contributed by atoms with Gasteiger partial charge in [-0.2, -0.15) is 5.26 Å². The fraction of sp³-hybridized carbons (Fsp3) is 0. The van der Waals surface area contributed by atoms with Crippen LogP contribution in [0.2, 0.25) is 0 Å². The molecule has 0 aliphatic rings. The Hall–Kier alpha value is -4.38. The first-order valence-electron chi connectivity index (χ1n) is 8.71. The summed E-state index contributed by atoms with van der Waals surface area (Å²) in [4.78, 5) is 31.4. The standard InChI is InChI=1S/C22H12F2N4O2/c23-17-6-5-14(21(26)30)19(24)18(17)20(29)16-10-28-22-15(16)7-13(9-27-22)12-3-1-11(8-25)2-4-12/h1-7,9-10H,(H2,26,30)(H,27,28). The van der Waals surface area contributed by atoms with Crippen LogP contribution in [0.4, 0.5) is 8.78 Å². The first kappa shape index (κ1) is 19.0. The molecular formula is C22H12F2N4O2. The number of aromatic nitrogens is 2. The van der Waals surface area contributed by atoms with Gasteiger partial charge in [0.25, 0.3) is 5.91 Å². The fourth-order valence-electron chi connectivity index (χ4n) is 3.17. The second-order valence-electron chi connectivity index (χ2n) is 6.49. The average molecular weight is 402 g/mol. The molecule has 3 N–H and O–H groups in total. The minimum atomic E-state index is -1.31. The van der Waals surface area contributed by atoms with Gasteiger partial charge < -0.3 is 10.7 Å². The van der Waals surface area contributed by atoms with Gasteiger partial charge in [0.15, 0.2) is 0 Å². The van der Waals surface area contributed by atoms with Crippen molar-refractivity contribution in [2.75, 3.05) is 0 Å². The van der Waals surface area contributed by atoms with Gasteiger partial charge in [-0.15, -0.1) is 0 Å². The molecule has 0 saturated carbocycles. The SMILES string of the molecule is N#Cc1ccc(-c2cnc3[nH]cc(C(=O)c4c(F)ccc(C(N)=O)c4F)c3c2)cc1. The number of hydrogen-bond donors (Lipinski definition) is 2. The third-order valence-corrected chi connectivity index (χ3v) is 4.71. The highest BCUT2D eigenvalue weighted by atomic mass is 19.1. The van der Waals surface area contributed by atoms with Crippen LogP contribution in [0.25, 0.3) is 22.2 Å². The molecule has 0 fully saturated rings. The normalized spacial score (nSPS) is 10.7. The maximum atomic E-state index is 14.6. The number of benzene rings is 2. The first-order chi connectivity index (χ1) is 14.4. The van der Waals surface area contributed by atoms with Crippen LogP contribution in [0.5, 0.6) is 0 Å². The van der Waals surface area contributed by atoms with Gasteiger partial charge in [0.05, 0.1) is 22.8 Å². The van der Waals surface area contributed by atoms with Crippen LogP contribution in [-0.4, -0.2) is 21.7 Å². The zero-order valence-electron chi connectivity index (χ0n) is 15.2. The Morgan fingerprint density at radius 2 is 1.77 bits per heavy atom. The molecule has 2 heterocycles. The Balaban J connectivity index is 1.84. The fourth-order valence-corrected chi connectivity index (χ4v) is 3.17. The highest BCUT2D eigenvalue weighted by molar-refractivity contribution is 6.17. The van der Waals surface area contributed by atoms with Crippen LogP contribution in [0.15, 0.2) is 54.9 Å². The molecule has 0 unspecified atom stereocenters. The van der Waals surface area contributed by atoms with Crippen molar-refractivity contribution in [1.82, 2.24) is 9.97 Å². The van der Waals surface area contributed by atoms with E-state index in [-0.39, 0.29) is 5.56 Å². The summed E-state index contributed by atoms with van der Waals surface area (Å²) in [6.45, 7) is 0. The van der Waals surface area contributed by atoms with Gasteiger partial charge in [-0.25, -0.2) is 13.8 Å². The summed E-state index contributed by atoms with van der Waals surface area (Å²) in [5, 5.41) is 9.27. The molecule has 8 heteroatoms. The molecule has 0 aliphatic heterocycles. The minimum absolute atomic E-state index is 0.00702.